The zero-order chi connectivity index (χ0) is 12.4. The number of imidazole rings is 1. The number of aromatic nitrogens is 2. The summed E-state index contributed by atoms with van der Waals surface area (Å²) < 4.78 is 2.34. The lowest BCUT2D eigenvalue weighted by Crippen LogP contribution is -2.18. The molecule has 1 heterocycles. The number of nitrogens with one attached hydrogen (secondary N) is 1. The van der Waals surface area contributed by atoms with Crippen molar-refractivity contribution in [2.75, 3.05) is 6.54 Å². The smallest absolute Gasteiger partial charge is 0.0951 e. The third kappa shape index (κ3) is 2.06. The van der Waals surface area contributed by atoms with Crippen molar-refractivity contribution < 1.29 is 0 Å². The molecule has 0 unspecified atom stereocenters. The predicted octanol–water partition coefficient (Wildman–Crippen LogP) is 2.33. The van der Waals surface area contributed by atoms with Gasteiger partial charge in [0.25, 0.3) is 0 Å². The normalized spacial score (nSPS) is 14.9. The number of fused-ring (bicyclic) bond motifs is 1. The zero-order valence-corrected chi connectivity index (χ0v) is 10.8. The predicted molar refractivity (Wildman–Crippen MR) is 72.5 cm³/mol. The molecule has 0 atom stereocenters. The van der Waals surface area contributed by atoms with Gasteiger partial charge in [-0.25, -0.2) is 4.98 Å². The van der Waals surface area contributed by atoms with Crippen molar-refractivity contribution in [3.8, 4) is 0 Å². The molecule has 1 N–H and O–H groups in total. The molecular formula is C15H19N3. The molecule has 3 rings (SSSR count). The first-order chi connectivity index (χ1) is 8.88. The first-order valence-electron chi connectivity index (χ1n) is 6.66. The van der Waals surface area contributed by atoms with Crippen LogP contribution in [0.25, 0.3) is 0 Å². The summed E-state index contributed by atoms with van der Waals surface area (Å²) in [6.45, 7) is 4.03. The standard InChI is InChI=1S/C15H19N3/c1-2-16-9-15-10-17-11-18(15)14-7-12-5-3-4-6-13(12)8-14/h3-6,10-11,14,16H,2,7-9H2,1H3. The van der Waals surface area contributed by atoms with Crippen molar-refractivity contribution in [1.29, 1.82) is 0 Å². The van der Waals surface area contributed by atoms with Crippen LogP contribution in [0.2, 0.25) is 0 Å². The lowest BCUT2D eigenvalue weighted by Gasteiger charge is -2.15. The minimum atomic E-state index is 0.540. The Labute approximate surface area is 108 Å². The largest absolute Gasteiger partial charge is 0.330 e. The topological polar surface area (TPSA) is 29.9 Å². The fraction of sp³-hybridized carbons (Fsp3) is 0.400. The van der Waals surface area contributed by atoms with Crippen molar-refractivity contribution in [3.63, 3.8) is 0 Å². The summed E-state index contributed by atoms with van der Waals surface area (Å²) in [7, 11) is 0. The van der Waals surface area contributed by atoms with Crippen LogP contribution in [-0.4, -0.2) is 16.1 Å². The van der Waals surface area contributed by atoms with Gasteiger partial charge in [-0.3, -0.25) is 0 Å². The van der Waals surface area contributed by atoms with Gasteiger partial charge in [0.15, 0.2) is 0 Å². The highest BCUT2D eigenvalue weighted by atomic mass is 15.1. The van der Waals surface area contributed by atoms with Crippen LogP contribution in [0.5, 0.6) is 0 Å². The van der Waals surface area contributed by atoms with Crippen LogP contribution in [0.15, 0.2) is 36.8 Å². The second-order valence-electron chi connectivity index (χ2n) is 4.90. The van der Waals surface area contributed by atoms with Crippen molar-refractivity contribution >= 4 is 0 Å². The summed E-state index contributed by atoms with van der Waals surface area (Å²) in [6.07, 6.45) is 6.21. The summed E-state index contributed by atoms with van der Waals surface area (Å²) in [6, 6.07) is 9.30. The maximum Gasteiger partial charge on any atom is 0.0951 e. The third-order valence-electron chi connectivity index (χ3n) is 3.73. The van der Waals surface area contributed by atoms with Crippen molar-refractivity contribution in [2.24, 2.45) is 0 Å². The molecule has 0 saturated heterocycles. The number of hydrogen-bond donors (Lipinski definition) is 1. The molecule has 0 amide bonds. The molecule has 1 aliphatic rings. The molecule has 1 aromatic heterocycles. The van der Waals surface area contributed by atoms with E-state index in [2.05, 4.69) is 46.1 Å². The van der Waals surface area contributed by atoms with Gasteiger partial charge in [0, 0.05) is 18.8 Å². The van der Waals surface area contributed by atoms with E-state index in [4.69, 9.17) is 0 Å². The molecule has 1 aromatic carbocycles. The van der Waals surface area contributed by atoms with E-state index in [-0.39, 0.29) is 0 Å². The first-order valence-corrected chi connectivity index (χ1v) is 6.66. The quantitative estimate of drug-likeness (QED) is 0.890. The molecule has 1 aliphatic carbocycles. The van der Waals surface area contributed by atoms with Gasteiger partial charge >= 0.3 is 0 Å². The van der Waals surface area contributed by atoms with Crippen molar-refractivity contribution in [1.82, 2.24) is 14.9 Å². The zero-order valence-electron chi connectivity index (χ0n) is 10.8. The van der Waals surface area contributed by atoms with Crippen LogP contribution >= 0.6 is 0 Å². The summed E-state index contributed by atoms with van der Waals surface area (Å²) in [5, 5.41) is 3.37. The van der Waals surface area contributed by atoms with Crippen LogP contribution in [-0.2, 0) is 19.4 Å². The number of hydrogen-bond acceptors (Lipinski definition) is 2. The highest BCUT2D eigenvalue weighted by Gasteiger charge is 2.23. The molecule has 0 aliphatic heterocycles. The molecule has 3 heteroatoms. The second-order valence-corrected chi connectivity index (χ2v) is 4.90. The van der Waals surface area contributed by atoms with Gasteiger partial charge in [0.1, 0.15) is 0 Å². The van der Waals surface area contributed by atoms with Crippen molar-refractivity contribution in [2.45, 2.75) is 32.4 Å². The molecule has 0 saturated carbocycles. The number of nitrogens with zero attached hydrogens (tertiary/aromatic N) is 2. The second kappa shape index (κ2) is 4.94. The highest BCUT2D eigenvalue weighted by molar-refractivity contribution is 5.33. The third-order valence-corrected chi connectivity index (χ3v) is 3.73. The summed E-state index contributed by atoms with van der Waals surface area (Å²) in [5.41, 5.74) is 4.27. The summed E-state index contributed by atoms with van der Waals surface area (Å²) in [4.78, 5) is 4.31. The fourth-order valence-corrected chi connectivity index (χ4v) is 2.78. The van der Waals surface area contributed by atoms with Crippen LogP contribution in [0.4, 0.5) is 0 Å². The summed E-state index contributed by atoms with van der Waals surface area (Å²) in [5.74, 6) is 0. The molecule has 18 heavy (non-hydrogen) atoms. The molecular weight excluding hydrogens is 222 g/mol. The lowest BCUT2D eigenvalue weighted by molar-refractivity contribution is 0.500. The Hall–Kier alpha value is -1.61. The van der Waals surface area contributed by atoms with Crippen LogP contribution in [0.1, 0.15) is 29.8 Å². The first kappa shape index (κ1) is 11.5. The van der Waals surface area contributed by atoms with E-state index in [9.17, 15) is 0 Å². The van der Waals surface area contributed by atoms with Gasteiger partial charge in [-0.2, -0.15) is 0 Å². The average molecular weight is 241 g/mol. The molecule has 2 aromatic rings. The Kier molecular flexibility index (Phi) is 3.15. The van der Waals surface area contributed by atoms with Gasteiger partial charge in [-0.05, 0) is 30.5 Å². The monoisotopic (exact) mass is 241 g/mol. The molecule has 0 fully saturated rings. The molecule has 0 radical (unpaired) electrons. The Morgan fingerprint density at radius 3 is 2.67 bits per heavy atom. The minimum absolute atomic E-state index is 0.540. The lowest BCUT2D eigenvalue weighted by atomic mass is 10.1. The van der Waals surface area contributed by atoms with Crippen LogP contribution in [0.3, 0.4) is 0 Å². The highest BCUT2D eigenvalue weighted by Crippen LogP contribution is 2.30. The van der Waals surface area contributed by atoms with E-state index < -0.39 is 0 Å². The van der Waals surface area contributed by atoms with Crippen LogP contribution in [0, 0.1) is 0 Å². The van der Waals surface area contributed by atoms with E-state index in [1.807, 2.05) is 12.5 Å². The van der Waals surface area contributed by atoms with E-state index in [1.54, 1.807) is 0 Å². The van der Waals surface area contributed by atoms with E-state index >= 15 is 0 Å². The van der Waals surface area contributed by atoms with Gasteiger partial charge in [0.2, 0.25) is 0 Å². The maximum atomic E-state index is 4.31. The Bertz CT molecular complexity index is 505. The van der Waals surface area contributed by atoms with Gasteiger partial charge in [-0.15, -0.1) is 0 Å². The average Bonchev–Trinajstić information content (AvgIpc) is 3.01. The summed E-state index contributed by atoms with van der Waals surface area (Å²) >= 11 is 0. The van der Waals surface area contributed by atoms with E-state index in [1.165, 1.54) is 16.8 Å². The Balaban J connectivity index is 1.80. The Morgan fingerprint density at radius 1 is 1.28 bits per heavy atom. The minimum Gasteiger partial charge on any atom is -0.330 e. The molecule has 94 valence electrons. The van der Waals surface area contributed by atoms with Crippen LogP contribution < -0.4 is 5.32 Å². The Morgan fingerprint density at radius 2 is 2.00 bits per heavy atom. The van der Waals surface area contributed by atoms with Gasteiger partial charge in [0.05, 0.1) is 12.0 Å². The van der Waals surface area contributed by atoms with Gasteiger partial charge < -0.3 is 9.88 Å². The maximum absolute atomic E-state index is 4.31. The van der Waals surface area contributed by atoms with E-state index in [0.717, 1.165) is 25.9 Å². The SMILES string of the molecule is CCNCc1cncn1C1Cc2ccccc2C1. The van der Waals surface area contributed by atoms with Gasteiger partial charge in [-0.1, -0.05) is 31.2 Å². The molecule has 0 spiro atoms. The fourth-order valence-electron chi connectivity index (χ4n) is 2.78. The van der Waals surface area contributed by atoms with Crippen molar-refractivity contribution in [3.05, 3.63) is 53.6 Å². The molecule has 3 nitrogen and oxygen atoms in total. The molecule has 0 bridgehead atoms. The number of rotatable bonds is 4. The number of benzene rings is 1. The van der Waals surface area contributed by atoms with E-state index in [0.29, 0.717) is 6.04 Å².